The fourth-order valence-electron chi connectivity index (χ4n) is 2.34. The van der Waals surface area contributed by atoms with Crippen LogP contribution >= 0.6 is 22.6 Å². The Bertz CT molecular complexity index is 604. The van der Waals surface area contributed by atoms with Crippen LogP contribution in [-0.4, -0.2) is 63.6 Å². The van der Waals surface area contributed by atoms with E-state index in [0.717, 1.165) is 34.4 Å². The van der Waals surface area contributed by atoms with E-state index in [-0.39, 0.29) is 5.91 Å². The molecule has 1 fully saturated rings. The average Bonchev–Trinajstić information content (AvgIpc) is 2.61. The minimum atomic E-state index is -0.136. The monoisotopic (exact) mass is 461 g/mol. The van der Waals surface area contributed by atoms with Gasteiger partial charge in [-0.05, 0) is 46.7 Å². The van der Waals surface area contributed by atoms with Gasteiger partial charge in [-0.1, -0.05) is 6.92 Å². The first kappa shape index (κ1) is 19.9. The molecule has 8 heteroatoms. The lowest BCUT2D eigenvalue weighted by Crippen LogP contribution is -2.42. The summed E-state index contributed by atoms with van der Waals surface area (Å²) in [6.45, 7) is 5.89. The Morgan fingerprint density at radius 3 is 2.88 bits per heavy atom. The molecule has 0 aromatic heterocycles. The molecular weight excluding hydrogens is 437 g/mol. The Morgan fingerprint density at radius 2 is 2.20 bits per heavy atom. The first-order valence-corrected chi connectivity index (χ1v) is 9.34. The average molecular weight is 461 g/mol. The van der Waals surface area contributed by atoms with Crippen molar-refractivity contribution in [3.05, 3.63) is 21.3 Å². The number of nitrogens with zero attached hydrogens (tertiary/aromatic N) is 2. The minimum Gasteiger partial charge on any atom is -0.493 e. The number of rotatable bonds is 8. The van der Waals surface area contributed by atoms with E-state index in [1.54, 1.807) is 13.3 Å². The first-order chi connectivity index (χ1) is 12.1. The van der Waals surface area contributed by atoms with Gasteiger partial charge in [0.15, 0.2) is 11.5 Å². The van der Waals surface area contributed by atoms with Crippen LogP contribution in [0.5, 0.6) is 11.5 Å². The summed E-state index contributed by atoms with van der Waals surface area (Å²) in [6, 6.07) is 3.77. The number of carbonyl (C=O) groups excluding carboxylic acids is 1. The van der Waals surface area contributed by atoms with Gasteiger partial charge in [0.1, 0.15) is 0 Å². The lowest BCUT2D eigenvalue weighted by molar-refractivity contribution is -0.123. The molecule has 2 rings (SSSR count). The van der Waals surface area contributed by atoms with Crippen LogP contribution in [0.25, 0.3) is 0 Å². The number of hydrogen-bond donors (Lipinski definition) is 1. The lowest BCUT2D eigenvalue weighted by atomic mass is 10.2. The number of morpholine rings is 1. The van der Waals surface area contributed by atoms with Crippen molar-refractivity contribution in [2.45, 2.75) is 13.3 Å². The van der Waals surface area contributed by atoms with Crippen LogP contribution in [0.15, 0.2) is 17.2 Å². The molecule has 0 radical (unpaired) electrons. The molecule has 0 unspecified atom stereocenters. The molecule has 0 bridgehead atoms. The summed E-state index contributed by atoms with van der Waals surface area (Å²) >= 11 is 2.20. The van der Waals surface area contributed by atoms with E-state index in [4.69, 9.17) is 14.2 Å². The van der Waals surface area contributed by atoms with E-state index in [2.05, 4.69) is 40.0 Å². The van der Waals surface area contributed by atoms with Gasteiger partial charge in [-0.2, -0.15) is 5.10 Å². The quantitative estimate of drug-likeness (QED) is 0.364. The molecule has 1 saturated heterocycles. The van der Waals surface area contributed by atoms with E-state index >= 15 is 0 Å². The van der Waals surface area contributed by atoms with Crippen LogP contribution < -0.4 is 14.9 Å². The number of benzene rings is 1. The second-order valence-corrected chi connectivity index (χ2v) is 6.73. The molecule has 25 heavy (non-hydrogen) atoms. The normalized spacial score (nSPS) is 15.3. The second-order valence-electron chi connectivity index (χ2n) is 5.56. The zero-order valence-corrected chi connectivity index (χ0v) is 16.7. The molecule has 1 heterocycles. The number of hydrazone groups is 1. The second kappa shape index (κ2) is 10.6. The smallest absolute Gasteiger partial charge is 0.254 e. The Kier molecular flexibility index (Phi) is 8.42. The van der Waals surface area contributed by atoms with Crippen LogP contribution in [0.1, 0.15) is 18.9 Å². The fourth-order valence-corrected chi connectivity index (χ4v) is 3.12. The summed E-state index contributed by atoms with van der Waals surface area (Å²) in [5.74, 6) is 1.25. The maximum atomic E-state index is 11.9. The summed E-state index contributed by atoms with van der Waals surface area (Å²) in [6.07, 6.45) is 2.53. The maximum Gasteiger partial charge on any atom is 0.254 e. The third kappa shape index (κ3) is 6.44. The summed E-state index contributed by atoms with van der Waals surface area (Å²) < 4.78 is 17.3. The Morgan fingerprint density at radius 1 is 1.44 bits per heavy atom. The van der Waals surface area contributed by atoms with Crippen LogP contribution in [0.4, 0.5) is 0 Å². The van der Waals surface area contributed by atoms with Crippen LogP contribution in [0, 0.1) is 3.57 Å². The molecule has 138 valence electrons. The highest BCUT2D eigenvalue weighted by Gasteiger charge is 2.14. The van der Waals surface area contributed by atoms with E-state index in [0.29, 0.717) is 32.1 Å². The number of ether oxygens (including phenoxy) is 3. The van der Waals surface area contributed by atoms with Gasteiger partial charge in [-0.25, -0.2) is 5.43 Å². The molecule has 1 amide bonds. The van der Waals surface area contributed by atoms with Crippen molar-refractivity contribution in [1.82, 2.24) is 10.3 Å². The van der Waals surface area contributed by atoms with E-state index in [9.17, 15) is 4.79 Å². The highest BCUT2D eigenvalue weighted by atomic mass is 127. The van der Waals surface area contributed by atoms with Crippen molar-refractivity contribution >= 4 is 34.7 Å². The molecule has 1 aliphatic rings. The maximum absolute atomic E-state index is 11.9. The Balaban J connectivity index is 1.93. The number of methoxy groups -OCH3 is 1. The van der Waals surface area contributed by atoms with Crippen molar-refractivity contribution in [3.63, 3.8) is 0 Å². The first-order valence-electron chi connectivity index (χ1n) is 8.26. The van der Waals surface area contributed by atoms with E-state index in [1.807, 2.05) is 17.0 Å². The topological polar surface area (TPSA) is 72.4 Å². The summed E-state index contributed by atoms with van der Waals surface area (Å²) in [4.78, 5) is 14.0. The molecule has 1 N–H and O–H groups in total. The van der Waals surface area contributed by atoms with E-state index in [1.165, 1.54) is 0 Å². The molecule has 0 saturated carbocycles. The summed E-state index contributed by atoms with van der Waals surface area (Å²) in [7, 11) is 1.61. The van der Waals surface area contributed by atoms with Gasteiger partial charge in [0.25, 0.3) is 5.91 Å². The zero-order valence-electron chi connectivity index (χ0n) is 14.6. The van der Waals surface area contributed by atoms with E-state index < -0.39 is 0 Å². The van der Waals surface area contributed by atoms with Crippen molar-refractivity contribution in [2.24, 2.45) is 5.10 Å². The van der Waals surface area contributed by atoms with Crippen molar-refractivity contribution in [2.75, 3.05) is 46.6 Å². The predicted octanol–water partition coefficient (Wildman–Crippen LogP) is 1.87. The van der Waals surface area contributed by atoms with Gasteiger partial charge < -0.3 is 14.2 Å². The van der Waals surface area contributed by atoms with Crippen molar-refractivity contribution in [1.29, 1.82) is 0 Å². The highest BCUT2D eigenvalue weighted by Crippen LogP contribution is 2.33. The molecule has 0 spiro atoms. The third-order valence-electron chi connectivity index (χ3n) is 3.58. The SMILES string of the molecule is CCCOc1c(I)cc(/C=N\NC(=O)CN2CCOCC2)cc1OC. The zero-order chi connectivity index (χ0) is 18.1. The van der Waals surface area contributed by atoms with Crippen LogP contribution in [-0.2, 0) is 9.53 Å². The predicted molar refractivity (Wildman–Crippen MR) is 104 cm³/mol. The minimum absolute atomic E-state index is 0.136. The van der Waals surface area contributed by atoms with Gasteiger partial charge in [-0.3, -0.25) is 9.69 Å². The number of hydrogen-bond acceptors (Lipinski definition) is 6. The Labute approximate surface area is 161 Å². The molecule has 0 aliphatic carbocycles. The Hall–Kier alpha value is -1.39. The highest BCUT2D eigenvalue weighted by molar-refractivity contribution is 14.1. The molecule has 1 aromatic carbocycles. The fraction of sp³-hybridized carbons (Fsp3) is 0.529. The number of amides is 1. The lowest BCUT2D eigenvalue weighted by Gasteiger charge is -2.25. The number of nitrogens with one attached hydrogen (secondary N) is 1. The van der Waals surface area contributed by atoms with Gasteiger partial charge in [0, 0.05) is 13.1 Å². The molecule has 1 aliphatic heterocycles. The molecule has 1 aromatic rings. The number of carbonyl (C=O) groups is 1. The van der Waals surface area contributed by atoms with Crippen LogP contribution in [0.3, 0.4) is 0 Å². The van der Waals surface area contributed by atoms with Gasteiger partial charge in [-0.15, -0.1) is 0 Å². The van der Waals surface area contributed by atoms with Gasteiger partial charge >= 0.3 is 0 Å². The van der Waals surface area contributed by atoms with Crippen molar-refractivity contribution < 1.29 is 19.0 Å². The largest absolute Gasteiger partial charge is 0.493 e. The van der Waals surface area contributed by atoms with Crippen LogP contribution in [0.2, 0.25) is 0 Å². The molecule has 0 atom stereocenters. The summed E-state index contributed by atoms with van der Waals surface area (Å²) in [5.41, 5.74) is 3.39. The van der Waals surface area contributed by atoms with Crippen molar-refractivity contribution in [3.8, 4) is 11.5 Å². The van der Waals surface area contributed by atoms with Gasteiger partial charge in [0.2, 0.25) is 0 Å². The standard InChI is InChI=1S/C17H24IN3O4/c1-3-6-25-17-14(18)9-13(10-15(17)23-2)11-19-20-16(22)12-21-4-7-24-8-5-21/h9-11H,3-8,12H2,1-2H3,(H,20,22)/b19-11-. The van der Waals surface area contributed by atoms with Gasteiger partial charge in [0.05, 0.1) is 43.3 Å². The number of halogens is 1. The third-order valence-corrected chi connectivity index (χ3v) is 4.38. The molecule has 7 nitrogen and oxygen atoms in total. The summed E-state index contributed by atoms with van der Waals surface area (Å²) in [5, 5.41) is 4.03. The molecular formula is C17H24IN3O4.